The smallest absolute Gasteiger partial charge is 0.168 e. The molecule has 0 aliphatic heterocycles. The molecule has 0 aliphatic carbocycles. The van der Waals surface area contributed by atoms with Gasteiger partial charge in [0, 0.05) is 12.0 Å². The zero-order valence-corrected chi connectivity index (χ0v) is 14.3. The second-order valence-electron chi connectivity index (χ2n) is 6.16. The first-order valence-electron chi connectivity index (χ1n) is 8.44. The van der Waals surface area contributed by atoms with Crippen molar-refractivity contribution in [2.45, 2.75) is 12.8 Å². The molecule has 0 spiro atoms. The van der Waals surface area contributed by atoms with E-state index in [1.54, 1.807) is 35.1 Å². The fourth-order valence-corrected chi connectivity index (χ4v) is 2.96. The van der Waals surface area contributed by atoms with Gasteiger partial charge in [0.05, 0.1) is 17.3 Å². The van der Waals surface area contributed by atoms with Crippen molar-refractivity contribution >= 4 is 22.6 Å². The summed E-state index contributed by atoms with van der Waals surface area (Å²) in [6, 6.07) is 13.4. The summed E-state index contributed by atoms with van der Waals surface area (Å²) in [6.07, 6.45) is 3.75. The Morgan fingerprint density at radius 2 is 1.96 bits per heavy atom. The van der Waals surface area contributed by atoms with Crippen molar-refractivity contribution < 1.29 is 9.18 Å². The molecule has 0 radical (unpaired) electrons. The van der Waals surface area contributed by atoms with Crippen LogP contribution in [0.25, 0.3) is 16.7 Å². The fourth-order valence-electron chi connectivity index (χ4n) is 2.96. The number of carbonyl (C=O) groups excluding carboxylic acids is 1. The average Bonchev–Trinajstić information content (AvgIpc) is 3.12. The zero-order chi connectivity index (χ0) is 18.8. The molecule has 134 valence electrons. The molecule has 0 amide bonds. The SMILES string of the molecule is Nc1ncnc2c1cnn2-c1cccc(C(=O)CCc2cccc(F)c2)c1. The maximum absolute atomic E-state index is 13.3. The molecule has 0 atom stereocenters. The number of benzene rings is 2. The molecule has 27 heavy (non-hydrogen) atoms. The van der Waals surface area contributed by atoms with E-state index in [0.717, 1.165) is 5.56 Å². The summed E-state index contributed by atoms with van der Waals surface area (Å²) >= 11 is 0. The molecule has 7 heteroatoms. The summed E-state index contributed by atoms with van der Waals surface area (Å²) in [5.41, 5.74) is 8.49. The number of aryl methyl sites for hydroxylation is 1. The van der Waals surface area contributed by atoms with Crippen LogP contribution in [-0.4, -0.2) is 25.5 Å². The molecule has 0 fully saturated rings. The molecule has 0 saturated carbocycles. The lowest BCUT2D eigenvalue weighted by Crippen LogP contribution is -2.04. The predicted octanol–water partition coefficient (Wildman–Crippen LogP) is 3.35. The highest BCUT2D eigenvalue weighted by atomic mass is 19.1. The van der Waals surface area contributed by atoms with Crippen molar-refractivity contribution in [2.75, 3.05) is 5.73 Å². The number of nitrogen functional groups attached to an aromatic ring is 1. The van der Waals surface area contributed by atoms with Gasteiger partial charge >= 0.3 is 0 Å². The van der Waals surface area contributed by atoms with Crippen molar-refractivity contribution in [1.29, 1.82) is 0 Å². The molecule has 4 aromatic rings. The van der Waals surface area contributed by atoms with Gasteiger partial charge in [0.25, 0.3) is 0 Å². The highest BCUT2D eigenvalue weighted by Crippen LogP contribution is 2.20. The van der Waals surface area contributed by atoms with Crippen LogP contribution in [0.2, 0.25) is 0 Å². The van der Waals surface area contributed by atoms with E-state index in [-0.39, 0.29) is 11.6 Å². The molecular formula is C20H16FN5O. The Morgan fingerprint density at radius 1 is 1.11 bits per heavy atom. The van der Waals surface area contributed by atoms with Crippen molar-refractivity contribution in [1.82, 2.24) is 19.7 Å². The lowest BCUT2D eigenvalue weighted by molar-refractivity contribution is 0.0982. The molecule has 2 heterocycles. The molecule has 0 bridgehead atoms. The summed E-state index contributed by atoms with van der Waals surface area (Å²) in [5.74, 6) is 0.0362. The number of nitrogens with zero attached hydrogens (tertiary/aromatic N) is 4. The maximum atomic E-state index is 13.3. The number of rotatable bonds is 5. The average molecular weight is 361 g/mol. The number of halogens is 1. The van der Waals surface area contributed by atoms with E-state index in [1.807, 2.05) is 12.1 Å². The minimum atomic E-state index is -0.297. The highest BCUT2D eigenvalue weighted by molar-refractivity contribution is 5.96. The van der Waals surface area contributed by atoms with Gasteiger partial charge in [0.1, 0.15) is 18.0 Å². The highest BCUT2D eigenvalue weighted by Gasteiger charge is 2.12. The summed E-state index contributed by atoms with van der Waals surface area (Å²) in [6.45, 7) is 0. The predicted molar refractivity (Wildman–Crippen MR) is 100 cm³/mol. The molecule has 0 aliphatic rings. The van der Waals surface area contributed by atoms with Crippen LogP contribution in [0.15, 0.2) is 61.1 Å². The Bertz CT molecular complexity index is 1140. The van der Waals surface area contributed by atoms with Crippen molar-refractivity contribution in [2.24, 2.45) is 0 Å². The van der Waals surface area contributed by atoms with E-state index < -0.39 is 0 Å². The monoisotopic (exact) mass is 361 g/mol. The summed E-state index contributed by atoms with van der Waals surface area (Å²) in [7, 11) is 0. The molecule has 0 saturated heterocycles. The number of ketones is 1. The summed E-state index contributed by atoms with van der Waals surface area (Å²) in [4.78, 5) is 20.8. The van der Waals surface area contributed by atoms with Crippen molar-refractivity contribution in [3.8, 4) is 5.69 Å². The van der Waals surface area contributed by atoms with E-state index in [2.05, 4.69) is 15.1 Å². The second kappa shape index (κ2) is 6.95. The quantitative estimate of drug-likeness (QED) is 0.551. The number of Topliss-reactive ketones (excluding diaryl/α,β-unsaturated/α-hetero) is 1. The Hall–Kier alpha value is -3.61. The third-order valence-electron chi connectivity index (χ3n) is 4.34. The first-order chi connectivity index (χ1) is 13.1. The number of hydrogen-bond donors (Lipinski definition) is 1. The second-order valence-corrected chi connectivity index (χ2v) is 6.16. The van der Waals surface area contributed by atoms with Crippen LogP contribution in [0.1, 0.15) is 22.3 Å². The van der Waals surface area contributed by atoms with Crippen LogP contribution in [0.5, 0.6) is 0 Å². The van der Waals surface area contributed by atoms with Crippen LogP contribution >= 0.6 is 0 Å². The number of carbonyl (C=O) groups is 1. The Kier molecular flexibility index (Phi) is 4.33. The Labute approximate surface area is 154 Å². The van der Waals surface area contributed by atoms with E-state index in [0.29, 0.717) is 40.9 Å². The summed E-state index contributed by atoms with van der Waals surface area (Å²) < 4.78 is 14.9. The molecular weight excluding hydrogens is 345 g/mol. The molecule has 4 rings (SSSR count). The first kappa shape index (κ1) is 16.8. The lowest BCUT2D eigenvalue weighted by atomic mass is 10.0. The number of nitrogens with two attached hydrogens (primary N) is 1. The van der Waals surface area contributed by atoms with Gasteiger partial charge in [0.2, 0.25) is 0 Å². The normalized spacial score (nSPS) is 11.0. The minimum Gasteiger partial charge on any atom is -0.383 e. The van der Waals surface area contributed by atoms with Crippen molar-refractivity contribution in [3.05, 3.63) is 78.0 Å². The van der Waals surface area contributed by atoms with Crippen LogP contribution in [-0.2, 0) is 6.42 Å². The third kappa shape index (κ3) is 3.39. The van der Waals surface area contributed by atoms with Crippen LogP contribution in [0, 0.1) is 5.82 Å². The minimum absolute atomic E-state index is 0.0216. The fraction of sp³-hybridized carbons (Fsp3) is 0.100. The van der Waals surface area contributed by atoms with Gasteiger partial charge in [0.15, 0.2) is 11.4 Å². The number of hydrogen-bond acceptors (Lipinski definition) is 5. The van der Waals surface area contributed by atoms with E-state index >= 15 is 0 Å². The number of anilines is 1. The number of aromatic nitrogens is 4. The number of fused-ring (bicyclic) bond motifs is 1. The van der Waals surface area contributed by atoms with Gasteiger partial charge < -0.3 is 5.73 Å². The Balaban J connectivity index is 1.58. The van der Waals surface area contributed by atoms with Gasteiger partial charge in [-0.05, 0) is 36.2 Å². The Morgan fingerprint density at radius 3 is 2.81 bits per heavy atom. The summed E-state index contributed by atoms with van der Waals surface area (Å²) in [5, 5.41) is 4.96. The van der Waals surface area contributed by atoms with Crippen molar-refractivity contribution in [3.63, 3.8) is 0 Å². The third-order valence-corrected chi connectivity index (χ3v) is 4.34. The lowest BCUT2D eigenvalue weighted by Gasteiger charge is -2.06. The molecule has 6 nitrogen and oxygen atoms in total. The molecule has 2 aromatic carbocycles. The first-order valence-corrected chi connectivity index (χ1v) is 8.44. The van der Waals surface area contributed by atoms with Gasteiger partial charge in [-0.15, -0.1) is 0 Å². The molecule has 2 N–H and O–H groups in total. The van der Waals surface area contributed by atoms with E-state index in [1.165, 1.54) is 18.5 Å². The standard InChI is InChI=1S/C20H16FN5O/c21-15-5-1-3-13(9-15)7-8-18(27)14-4-2-6-16(10-14)26-20-17(11-25-26)19(22)23-12-24-20/h1-6,9-12H,7-8H2,(H2,22,23,24). The topological polar surface area (TPSA) is 86.7 Å². The van der Waals surface area contributed by atoms with Crippen LogP contribution in [0.4, 0.5) is 10.2 Å². The zero-order valence-electron chi connectivity index (χ0n) is 14.3. The molecule has 2 aromatic heterocycles. The van der Waals surface area contributed by atoms with Crippen LogP contribution < -0.4 is 5.73 Å². The van der Waals surface area contributed by atoms with Gasteiger partial charge in [-0.3, -0.25) is 4.79 Å². The van der Waals surface area contributed by atoms with E-state index in [4.69, 9.17) is 5.73 Å². The van der Waals surface area contributed by atoms with Gasteiger partial charge in [-0.25, -0.2) is 19.0 Å². The largest absolute Gasteiger partial charge is 0.383 e. The van der Waals surface area contributed by atoms with Gasteiger partial charge in [-0.2, -0.15) is 5.10 Å². The maximum Gasteiger partial charge on any atom is 0.168 e. The van der Waals surface area contributed by atoms with Crippen LogP contribution in [0.3, 0.4) is 0 Å². The molecule has 0 unspecified atom stereocenters. The van der Waals surface area contributed by atoms with E-state index in [9.17, 15) is 9.18 Å². The van der Waals surface area contributed by atoms with Gasteiger partial charge in [-0.1, -0.05) is 24.3 Å².